The number of nitrogens with one attached hydrogen (secondary N) is 1. The molecule has 126 valence electrons. The number of nitrogens with zero attached hydrogens (tertiary/aromatic N) is 1. The van der Waals surface area contributed by atoms with E-state index in [-0.39, 0.29) is 15.8 Å². The third-order valence-corrected chi connectivity index (χ3v) is 4.64. The lowest BCUT2D eigenvalue weighted by molar-refractivity contribution is -0.123. The highest BCUT2D eigenvalue weighted by molar-refractivity contribution is 8.26. The molecule has 2 amide bonds. The molecule has 1 aliphatic rings. The van der Waals surface area contributed by atoms with Crippen molar-refractivity contribution < 1.29 is 19.8 Å². The van der Waals surface area contributed by atoms with Gasteiger partial charge in [-0.3, -0.25) is 15.0 Å². The monoisotopic (exact) mass is 372 g/mol. The molecular formula is C17H12N2O4S2. The quantitative estimate of drug-likeness (QED) is 0.436. The van der Waals surface area contributed by atoms with Gasteiger partial charge in [-0.2, -0.15) is 5.01 Å². The summed E-state index contributed by atoms with van der Waals surface area (Å²) in [6.45, 7) is 0. The number of phenolic OH excluding ortho intramolecular Hbond substituents is 2. The number of aromatic hydroxyl groups is 2. The van der Waals surface area contributed by atoms with Gasteiger partial charge in [-0.05, 0) is 48.1 Å². The first-order valence-corrected chi connectivity index (χ1v) is 8.34. The molecule has 0 aromatic heterocycles. The van der Waals surface area contributed by atoms with Crippen LogP contribution in [0.5, 0.6) is 11.5 Å². The van der Waals surface area contributed by atoms with Crippen molar-refractivity contribution in [2.75, 3.05) is 0 Å². The van der Waals surface area contributed by atoms with Crippen LogP contribution >= 0.6 is 24.0 Å². The van der Waals surface area contributed by atoms with Gasteiger partial charge in [0.2, 0.25) is 0 Å². The van der Waals surface area contributed by atoms with Crippen LogP contribution in [0.15, 0.2) is 53.4 Å². The van der Waals surface area contributed by atoms with E-state index in [0.29, 0.717) is 16.0 Å². The van der Waals surface area contributed by atoms with Gasteiger partial charge >= 0.3 is 0 Å². The van der Waals surface area contributed by atoms with E-state index in [1.807, 2.05) is 0 Å². The zero-order valence-electron chi connectivity index (χ0n) is 12.7. The van der Waals surface area contributed by atoms with Crippen molar-refractivity contribution >= 4 is 46.2 Å². The van der Waals surface area contributed by atoms with Crippen LogP contribution in [0.2, 0.25) is 0 Å². The van der Waals surface area contributed by atoms with Gasteiger partial charge in [0.15, 0.2) is 15.8 Å². The zero-order valence-corrected chi connectivity index (χ0v) is 14.3. The minimum Gasteiger partial charge on any atom is -0.504 e. The van der Waals surface area contributed by atoms with E-state index < -0.39 is 11.8 Å². The van der Waals surface area contributed by atoms with E-state index in [4.69, 9.17) is 12.2 Å². The first kappa shape index (κ1) is 17.0. The van der Waals surface area contributed by atoms with Gasteiger partial charge in [-0.1, -0.05) is 36.0 Å². The molecule has 2 aromatic carbocycles. The number of thioether (sulfide) groups is 1. The molecule has 0 aliphatic carbocycles. The molecule has 1 fully saturated rings. The van der Waals surface area contributed by atoms with Crippen molar-refractivity contribution in [3.63, 3.8) is 0 Å². The number of amides is 2. The van der Waals surface area contributed by atoms with Crippen LogP contribution in [0.1, 0.15) is 15.9 Å². The highest BCUT2D eigenvalue weighted by atomic mass is 32.2. The van der Waals surface area contributed by atoms with Crippen LogP contribution in [0.25, 0.3) is 6.08 Å². The molecule has 0 unspecified atom stereocenters. The van der Waals surface area contributed by atoms with Gasteiger partial charge in [-0.25, -0.2) is 0 Å². The van der Waals surface area contributed by atoms with Gasteiger partial charge in [0, 0.05) is 5.56 Å². The topological polar surface area (TPSA) is 89.9 Å². The van der Waals surface area contributed by atoms with Crippen molar-refractivity contribution in [3.8, 4) is 11.5 Å². The SMILES string of the molecule is O=C(NN1C(=O)/C(=C\c2ccc(O)c(O)c2)SC1=S)c1ccccc1. The molecule has 0 saturated carbocycles. The summed E-state index contributed by atoms with van der Waals surface area (Å²) in [4.78, 5) is 24.9. The molecule has 8 heteroatoms. The number of thiocarbonyl (C=S) groups is 1. The zero-order chi connectivity index (χ0) is 18.0. The van der Waals surface area contributed by atoms with Crippen molar-refractivity contribution in [1.29, 1.82) is 0 Å². The Morgan fingerprint density at radius 2 is 1.84 bits per heavy atom. The average Bonchev–Trinajstić information content (AvgIpc) is 2.86. The van der Waals surface area contributed by atoms with E-state index in [1.165, 1.54) is 18.2 Å². The summed E-state index contributed by atoms with van der Waals surface area (Å²) in [5.41, 5.74) is 3.41. The lowest BCUT2D eigenvalue weighted by atomic mass is 10.2. The number of hydrazine groups is 1. The van der Waals surface area contributed by atoms with E-state index in [2.05, 4.69) is 5.43 Å². The fourth-order valence-electron chi connectivity index (χ4n) is 2.10. The second kappa shape index (κ2) is 6.96. The number of carbonyl (C=O) groups is 2. The fraction of sp³-hybridized carbons (Fsp3) is 0. The summed E-state index contributed by atoms with van der Waals surface area (Å²) in [6.07, 6.45) is 1.52. The van der Waals surface area contributed by atoms with Crippen LogP contribution in [0.3, 0.4) is 0 Å². The molecule has 25 heavy (non-hydrogen) atoms. The third kappa shape index (κ3) is 3.65. The van der Waals surface area contributed by atoms with Crippen LogP contribution in [-0.2, 0) is 4.79 Å². The summed E-state index contributed by atoms with van der Waals surface area (Å²) < 4.78 is 0.198. The number of rotatable bonds is 3. The minimum absolute atomic E-state index is 0.198. The molecule has 1 saturated heterocycles. The first-order valence-electron chi connectivity index (χ1n) is 7.11. The summed E-state index contributed by atoms with van der Waals surface area (Å²) in [7, 11) is 0. The molecule has 3 N–H and O–H groups in total. The maximum atomic E-state index is 12.5. The standard InChI is InChI=1S/C17H12N2O4S2/c20-12-7-6-10(8-13(12)21)9-14-16(23)19(17(24)25-14)18-15(22)11-4-2-1-3-5-11/h1-9,20-21H,(H,18,22)/b14-9+. The second-order valence-corrected chi connectivity index (χ2v) is 6.75. The summed E-state index contributed by atoms with van der Waals surface area (Å²) in [6, 6.07) is 12.7. The van der Waals surface area contributed by atoms with Crippen molar-refractivity contribution in [3.05, 3.63) is 64.6 Å². The van der Waals surface area contributed by atoms with Crippen LogP contribution < -0.4 is 5.43 Å². The highest BCUT2D eigenvalue weighted by Crippen LogP contribution is 2.33. The van der Waals surface area contributed by atoms with Crippen LogP contribution in [0.4, 0.5) is 0 Å². The number of phenols is 2. The van der Waals surface area contributed by atoms with Crippen molar-refractivity contribution in [2.24, 2.45) is 0 Å². The van der Waals surface area contributed by atoms with E-state index >= 15 is 0 Å². The van der Waals surface area contributed by atoms with Crippen LogP contribution in [0, 0.1) is 0 Å². The Kier molecular flexibility index (Phi) is 4.73. The van der Waals surface area contributed by atoms with Gasteiger partial charge in [0.25, 0.3) is 11.8 Å². The lowest BCUT2D eigenvalue weighted by Gasteiger charge is -2.15. The Morgan fingerprint density at radius 1 is 1.12 bits per heavy atom. The molecule has 2 aromatic rings. The molecular weight excluding hydrogens is 360 g/mol. The Labute approximate surface area is 152 Å². The molecule has 6 nitrogen and oxygen atoms in total. The minimum atomic E-state index is -0.466. The van der Waals surface area contributed by atoms with Crippen LogP contribution in [-0.4, -0.2) is 31.4 Å². The molecule has 1 aliphatic heterocycles. The number of benzene rings is 2. The van der Waals surface area contributed by atoms with E-state index in [1.54, 1.807) is 36.4 Å². The predicted molar refractivity (Wildman–Crippen MR) is 98.7 cm³/mol. The molecule has 0 radical (unpaired) electrons. The molecule has 0 bridgehead atoms. The maximum Gasteiger partial charge on any atom is 0.285 e. The lowest BCUT2D eigenvalue weighted by Crippen LogP contribution is -2.44. The van der Waals surface area contributed by atoms with Gasteiger partial charge in [0.1, 0.15) is 0 Å². The normalized spacial score (nSPS) is 15.7. The Hall–Kier alpha value is -2.84. The first-order chi connectivity index (χ1) is 12.0. The molecule has 1 heterocycles. The summed E-state index contributed by atoms with van der Waals surface area (Å²) in [5.74, 6) is -1.45. The average molecular weight is 372 g/mol. The predicted octanol–water partition coefficient (Wildman–Crippen LogP) is 2.64. The molecule has 0 spiro atoms. The Bertz CT molecular complexity index is 897. The number of hydrogen-bond donors (Lipinski definition) is 3. The van der Waals surface area contributed by atoms with Gasteiger partial charge < -0.3 is 10.2 Å². The third-order valence-electron chi connectivity index (χ3n) is 3.34. The fourth-order valence-corrected chi connectivity index (χ4v) is 3.28. The van der Waals surface area contributed by atoms with Gasteiger partial charge in [0.05, 0.1) is 4.91 Å². The summed E-state index contributed by atoms with van der Waals surface area (Å²) in [5, 5.41) is 19.9. The molecule has 0 atom stereocenters. The smallest absolute Gasteiger partial charge is 0.285 e. The molecule has 3 rings (SSSR count). The largest absolute Gasteiger partial charge is 0.504 e. The second-order valence-electron chi connectivity index (χ2n) is 5.07. The van der Waals surface area contributed by atoms with E-state index in [9.17, 15) is 19.8 Å². The maximum absolute atomic E-state index is 12.5. The Balaban J connectivity index is 1.79. The highest BCUT2D eigenvalue weighted by Gasteiger charge is 2.33. The summed E-state index contributed by atoms with van der Waals surface area (Å²) >= 11 is 6.18. The van der Waals surface area contributed by atoms with Gasteiger partial charge in [-0.15, -0.1) is 0 Å². The number of carbonyl (C=O) groups excluding carboxylic acids is 2. The number of hydrogen-bond acceptors (Lipinski definition) is 6. The van der Waals surface area contributed by atoms with Crippen molar-refractivity contribution in [2.45, 2.75) is 0 Å². The van der Waals surface area contributed by atoms with E-state index in [0.717, 1.165) is 16.8 Å². The van der Waals surface area contributed by atoms with Crippen molar-refractivity contribution in [1.82, 2.24) is 10.4 Å². The Morgan fingerprint density at radius 3 is 2.52 bits per heavy atom.